The van der Waals surface area contributed by atoms with Crippen molar-refractivity contribution in [3.63, 3.8) is 0 Å². The first kappa shape index (κ1) is 7.60. The Bertz CT molecular complexity index is 127. The maximum atomic E-state index is 3.72. The second-order valence-electron chi connectivity index (χ2n) is 4.41. The second kappa shape index (κ2) is 3.14. The first-order valence-electron chi connectivity index (χ1n) is 5.10. The van der Waals surface area contributed by atoms with Crippen LogP contribution in [0.15, 0.2) is 0 Å². The normalized spacial score (nSPS) is 39.0. The average molecular weight is 153 g/mol. The highest BCUT2D eigenvalue weighted by atomic mass is 15.0. The molecule has 0 radical (unpaired) electrons. The quantitative estimate of drug-likeness (QED) is 0.642. The summed E-state index contributed by atoms with van der Waals surface area (Å²) in [5.74, 6) is 0.972. The average Bonchev–Trinajstić information content (AvgIpc) is 2.71. The minimum atomic E-state index is 0.867. The smallest absolute Gasteiger partial charge is 0.00721 e. The van der Waals surface area contributed by atoms with Gasteiger partial charge in [0.15, 0.2) is 0 Å². The Morgan fingerprint density at radius 3 is 2.45 bits per heavy atom. The van der Waals surface area contributed by atoms with Crippen molar-refractivity contribution < 1.29 is 0 Å². The highest BCUT2D eigenvalue weighted by Crippen LogP contribution is 2.27. The Morgan fingerprint density at radius 2 is 1.82 bits per heavy atom. The molecule has 0 heterocycles. The van der Waals surface area contributed by atoms with Crippen molar-refractivity contribution in [3.8, 4) is 0 Å². The number of nitrogens with one attached hydrogen (secondary N) is 1. The molecule has 1 nitrogen and oxygen atoms in total. The van der Waals surface area contributed by atoms with Crippen molar-refractivity contribution in [3.05, 3.63) is 0 Å². The molecule has 0 amide bonds. The number of hydrogen-bond donors (Lipinski definition) is 1. The van der Waals surface area contributed by atoms with Crippen LogP contribution in [0.4, 0.5) is 0 Å². The number of hydrogen-bond acceptors (Lipinski definition) is 1. The van der Waals surface area contributed by atoms with Crippen LogP contribution in [0.1, 0.15) is 45.4 Å². The van der Waals surface area contributed by atoms with Crippen LogP contribution in [0, 0.1) is 5.92 Å². The zero-order chi connectivity index (χ0) is 7.68. The fourth-order valence-corrected chi connectivity index (χ4v) is 2.17. The molecule has 0 saturated heterocycles. The predicted octanol–water partition coefficient (Wildman–Crippen LogP) is 2.32. The molecular weight excluding hydrogens is 134 g/mol. The summed E-state index contributed by atoms with van der Waals surface area (Å²) in [6.45, 7) is 2.39. The van der Waals surface area contributed by atoms with Crippen LogP contribution in [-0.4, -0.2) is 12.1 Å². The molecule has 2 aliphatic rings. The summed E-state index contributed by atoms with van der Waals surface area (Å²) in [5.41, 5.74) is 0. The Kier molecular flexibility index (Phi) is 2.17. The summed E-state index contributed by atoms with van der Waals surface area (Å²) >= 11 is 0. The molecule has 11 heavy (non-hydrogen) atoms. The first-order valence-corrected chi connectivity index (χ1v) is 5.10. The van der Waals surface area contributed by atoms with Crippen molar-refractivity contribution in [1.29, 1.82) is 0 Å². The topological polar surface area (TPSA) is 12.0 Å². The van der Waals surface area contributed by atoms with Gasteiger partial charge in [0.2, 0.25) is 0 Å². The first-order chi connectivity index (χ1) is 5.34. The van der Waals surface area contributed by atoms with Gasteiger partial charge in [-0.05, 0) is 31.6 Å². The van der Waals surface area contributed by atoms with E-state index in [9.17, 15) is 0 Å². The van der Waals surface area contributed by atoms with Crippen molar-refractivity contribution in [1.82, 2.24) is 5.32 Å². The van der Waals surface area contributed by atoms with E-state index in [-0.39, 0.29) is 0 Å². The summed E-state index contributed by atoms with van der Waals surface area (Å²) in [6.07, 6.45) is 8.64. The third-order valence-electron chi connectivity index (χ3n) is 2.99. The molecule has 0 bridgehead atoms. The lowest BCUT2D eigenvalue weighted by molar-refractivity contribution is 0.300. The zero-order valence-electron chi connectivity index (χ0n) is 7.47. The van der Waals surface area contributed by atoms with E-state index in [1.165, 1.54) is 38.5 Å². The van der Waals surface area contributed by atoms with Crippen LogP contribution in [0.25, 0.3) is 0 Å². The Labute approximate surface area is 69.6 Å². The molecule has 64 valence electrons. The van der Waals surface area contributed by atoms with Crippen LogP contribution in [-0.2, 0) is 0 Å². The molecule has 2 saturated carbocycles. The molecule has 2 atom stereocenters. The Hall–Kier alpha value is -0.0400. The van der Waals surface area contributed by atoms with Gasteiger partial charge in [0.05, 0.1) is 0 Å². The molecule has 1 N–H and O–H groups in total. The summed E-state index contributed by atoms with van der Waals surface area (Å²) in [6, 6.07) is 1.77. The van der Waals surface area contributed by atoms with E-state index in [0.29, 0.717) is 0 Å². The van der Waals surface area contributed by atoms with Crippen molar-refractivity contribution in [2.45, 2.75) is 57.5 Å². The molecular formula is C10H19N. The van der Waals surface area contributed by atoms with Crippen LogP contribution in [0.3, 0.4) is 0 Å². The van der Waals surface area contributed by atoms with E-state index in [1.807, 2.05) is 0 Å². The number of rotatable bonds is 2. The van der Waals surface area contributed by atoms with E-state index in [4.69, 9.17) is 0 Å². The van der Waals surface area contributed by atoms with E-state index in [1.54, 1.807) is 0 Å². The molecule has 0 unspecified atom stereocenters. The van der Waals surface area contributed by atoms with Gasteiger partial charge in [0.1, 0.15) is 0 Å². The summed E-state index contributed by atoms with van der Waals surface area (Å²) in [4.78, 5) is 0. The van der Waals surface area contributed by atoms with Gasteiger partial charge < -0.3 is 5.32 Å². The van der Waals surface area contributed by atoms with Gasteiger partial charge in [-0.25, -0.2) is 0 Å². The standard InChI is InChI=1S/C10H19N/c1-8-3-2-4-10(7-8)11-9-5-6-9/h8-11H,2-7H2,1H3/t8-,10-/m0/s1. The molecule has 2 aliphatic carbocycles. The molecule has 1 heteroatoms. The zero-order valence-corrected chi connectivity index (χ0v) is 7.47. The molecule has 2 fully saturated rings. The predicted molar refractivity (Wildman–Crippen MR) is 47.6 cm³/mol. The summed E-state index contributed by atoms with van der Waals surface area (Å²) < 4.78 is 0. The molecule has 0 aliphatic heterocycles. The van der Waals surface area contributed by atoms with Crippen molar-refractivity contribution >= 4 is 0 Å². The van der Waals surface area contributed by atoms with Gasteiger partial charge in [0, 0.05) is 12.1 Å². The lowest BCUT2D eigenvalue weighted by Gasteiger charge is -2.27. The highest BCUT2D eigenvalue weighted by molar-refractivity contribution is 4.86. The highest BCUT2D eigenvalue weighted by Gasteiger charge is 2.26. The maximum absolute atomic E-state index is 3.72. The van der Waals surface area contributed by atoms with Gasteiger partial charge in [-0.15, -0.1) is 0 Å². The minimum absolute atomic E-state index is 0.867. The minimum Gasteiger partial charge on any atom is -0.311 e. The second-order valence-corrected chi connectivity index (χ2v) is 4.41. The lowest BCUT2D eigenvalue weighted by atomic mass is 9.87. The van der Waals surface area contributed by atoms with E-state index in [0.717, 1.165) is 18.0 Å². The molecule has 0 spiro atoms. The van der Waals surface area contributed by atoms with Crippen LogP contribution >= 0.6 is 0 Å². The van der Waals surface area contributed by atoms with Crippen LogP contribution in [0.2, 0.25) is 0 Å². The van der Waals surface area contributed by atoms with Gasteiger partial charge in [0.25, 0.3) is 0 Å². The summed E-state index contributed by atoms with van der Waals surface area (Å²) in [7, 11) is 0. The summed E-state index contributed by atoms with van der Waals surface area (Å²) in [5, 5.41) is 3.72. The Morgan fingerprint density at radius 1 is 1.00 bits per heavy atom. The molecule has 0 aromatic heterocycles. The third-order valence-corrected chi connectivity index (χ3v) is 2.99. The molecule has 0 aromatic carbocycles. The van der Waals surface area contributed by atoms with Gasteiger partial charge in [-0.1, -0.05) is 19.8 Å². The van der Waals surface area contributed by atoms with E-state index < -0.39 is 0 Å². The molecule has 2 rings (SSSR count). The van der Waals surface area contributed by atoms with Crippen LogP contribution in [0.5, 0.6) is 0 Å². The van der Waals surface area contributed by atoms with Crippen molar-refractivity contribution in [2.75, 3.05) is 0 Å². The largest absolute Gasteiger partial charge is 0.311 e. The maximum Gasteiger partial charge on any atom is 0.00721 e. The molecule has 0 aromatic rings. The third kappa shape index (κ3) is 2.19. The van der Waals surface area contributed by atoms with E-state index >= 15 is 0 Å². The van der Waals surface area contributed by atoms with Crippen molar-refractivity contribution in [2.24, 2.45) is 5.92 Å². The Balaban J connectivity index is 1.73. The van der Waals surface area contributed by atoms with Gasteiger partial charge >= 0.3 is 0 Å². The lowest BCUT2D eigenvalue weighted by Crippen LogP contribution is -2.34. The SMILES string of the molecule is C[C@H]1CCC[C@H](NC2CC2)C1. The van der Waals surface area contributed by atoms with Gasteiger partial charge in [-0.2, -0.15) is 0 Å². The fourth-order valence-electron chi connectivity index (χ4n) is 2.17. The van der Waals surface area contributed by atoms with Crippen LogP contribution < -0.4 is 5.32 Å². The van der Waals surface area contributed by atoms with Gasteiger partial charge in [-0.3, -0.25) is 0 Å². The monoisotopic (exact) mass is 153 g/mol. The fraction of sp³-hybridized carbons (Fsp3) is 1.00. The van der Waals surface area contributed by atoms with E-state index in [2.05, 4.69) is 12.2 Å².